The Morgan fingerprint density at radius 2 is 1.71 bits per heavy atom. The number of aromatic nitrogens is 4. The molecule has 2 aromatic heterocycles. The molecule has 5 heteroatoms. The molecule has 2 aromatic carbocycles. The Balaban J connectivity index is 1.77. The Morgan fingerprint density at radius 1 is 0.917 bits per heavy atom. The Bertz CT molecular complexity index is 991. The van der Waals surface area contributed by atoms with E-state index in [9.17, 15) is 4.79 Å². The summed E-state index contributed by atoms with van der Waals surface area (Å²) in [6, 6.07) is 17.5. The smallest absolute Gasteiger partial charge is 0.164 e. The molecule has 2 heterocycles. The molecule has 0 aliphatic carbocycles. The Labute approximate surface area is 138 Å². The summed E-state index contributed by atoms with van der Waals surface area (Å²) < 4.78 is 2.01. The summed E-state index contributed by atoms with van der Waals surface area (Å²) in [6.45, 7) is 0.706. The van der Waals surface area contributed by atoms with Gasteiger partial charge in [-0.1, -0.05) is 54.6 Å². The fourth-order valence-corrected chi connectivity index (χ4v) is 2.71. The quantitative estimate of drug-likeness (QED) is 0.542. The standard InChI is InChI=1S/C19H14N4O/c24-11-15-6-8-16(9-7-15)17-18-19(21-12-20-17)23(13-22-18)10-14-4-2-1-3-5-14/h1-9,11-13H,10H2. The molecule has 0 saturated heterocycles. The number of hydrogen-bond donors (Lipinski definition) is 0. The lowest BCUT2D eigenvalue weighted by atomic mass is 10.1. The molecule has 0 radical (unpaired) electrons. The minimum Gasteiger partial charge on any atom is -0.311 e. The van der Waals surface area contributed by atoms with Crippen molar-refractivity contribution in [3.05, 3.63) is 78.4 Å². The van der Waals surface area contributed by atoms with Crippen LogP contribution >= 0.6 is 0 Å². The maximum atomic E-state index is 10.8. The fourth-order valence-electron chi connectivity index (χ4n) is 2.71. The van der Waals surface area contributed by atoms with Crippen molar-refractivity contribution in [2.75, 3.05) is 0 Å². The summed E-state index contributed by atoms with van der Waals surface area (Å²) in [5.41, 5.74) is 5.06. The summed E-state index contributed by atoms with van der Waals surface area (Å²) in [7, 11) is 0. The van der Waals surface area contributed by atoms with Crippen LogP contribution in [0.25, 0.3) is 22.4 Å². The molecule has 4 rings (SSSR count). The van der Waals surface area contributed by atoms with E-state index in [4.69, 9.17) is 0 Å². The van der Waals surface area contributed by atoms with Gasteiger partial charge in [0.05, 0.1) is 12.9 Å². The van der Waals surface area contributed by atoms with E-state index < -0.39 is 0 Å². The van der Waals surface area contributed by atoms with E-state index in [0.717, 1.165) is 28.7 Å². The molecule has 0 N–H and O–H groups in total. The highest BCUT2D eigenvalue weighted by Crippen LogP contribution is 2.24. The normalized spacial score (nSPS) is 10.8. The third-order valence-corrected chi connectivity index (χ3v) is 3.92. The van der Waals surface area contributed by atoms with Crippen LogP contribution in [0.3, 0.4) is 0 Å². The van der Waals surface area contributed by atoms with E-state index in [0.29, 0.717) is 12.1 Å². The first kappa shape index (κ1) is 14.3. The van der Waals surface area contributed by atoms with Crippen LogP contribution in [-0.2, 0) is 6.54 Å². The van der Waals surface area contributed by atoms with Gasteiger partial charge in [0.1, 0.15) is 23.8 Å². The first-order valence-corrected chi connectivity index (χ1v) is 7.60. The molecule has 116 valence electrons. The zero-order valence-corrected chi connectivity index (χ0v) is 12.8. The zero-order chi connectivity index (χ0) is 16.4. The highest BCUT2D eigenvalue weighted by atomic mass is 16.1. The summed E-state index contributed by atoms with van der Waals surface area (Å²) in [4.78, 5) is 24.1. The molecule has 0 aliphatic heterocycles. The molecule has 0 amide bonds. The van der Waals surface area contributed by atoms with Gasteiger partial charge in [0.2, 0.25) is 0 Å². The van der Waals surface area contributed by atoms with Gasteiger partial charge in [-0.3, -0.25) is 4.79 Å². The first-order chi connectivity index (χ1) is 11.8. The van der Waals surface area contributed by atoms with Gasteiger partial charge in [-0.2, -0.15) is 0 Å². The van der Waals surface area contributed by atoms with Crippen molar-refractivity contribution >= 4 is 17.5 Å². The van der Waals surface area contributed by atoms with Crippen molar-refractivity contribution in [2.45, 2.75) is 6.54 Å². The number of benzene rings is 2. The third kappa shape index (κ3) is 2.56. The van der Waals surface area contributed by atoms with Crippen molar-refractivity contribution in [3.8, 4) is 11.3 Å². The number of hydrogen-bond acceptors (Lipinski definition) is 4. The van der Waals surface area contributed by atoms with Crippen LogP contribution in [0.5, 0.6) is 0 Å². The van der Waals surface area contributed by atoms with Crippen molar-refractivity contribution in [1.29, 1.82) is 0 Å². The number of fused-ring (bicyclic) bond motifs is 1. The van der Waals surface area contributed by atoms with Gasteiger partial charge in [0, 0.05) is 11.1 Å². The number of aldehydes is 1. The third-order valence-electron chi connectivity index (χ3n) is 3.92. The second-order valence-electron chi connectivity index (χ2n) is 5.49. The molecule has 0 aliphatic rings. The van der Waals surface area contributed by atoms with Crippen LogP contribution in [-0.4, -0.2) is 25.8 Å². The zero-order valence-electron chi connectivity index (χ0n) is 12.8. The van der Waals surface area contributed by atoms with E-state index >= 15 is 0 Å². The lowest BCUT2D eigenvalue weighted by Crippen LogP contribution is -1.99. The van der Waals surface area contributed by atoms with Crippen LogP contribution in [0.2, 0.25) is 0 Å². The Kier molecular flexibility index (Phi) is 3.59. The van der Waals surface area contributed by atoms with E-state index in [1.54, 1.807) is 24.8 Å². The van der Waals surface area contributed by atoms with Crippen LogP contribution in [0.15, 0.2) is 67.3 Å². The predicted octanol–water partition coefficient (Wildman–Crippen LogP) is 3.35. The van der Waals surface area contributed by atoms with E-state index in [-0.39, 0.29) is 0 Å². The van der Waals surface area contributed by atoms with Gasteiger partial charge in [-0.05, 0) is 5.56 Å². The molecule has 5 nitrogen and oxygen atoms in total. The summed E-state index contributed by atoms with van der Waals surface area (Å²) in [5, 5.41) is 0. The van der Waals surface area contributed by atoms with Crippen LogP contribution in [0.1, 0.15) is 15.9 Å². The van der Waals surface area contributed by atoms with Gasteiger partial charge in [0.25, 0.3) is 0 Å². The average molecular weight is 314 g/mol. The molecule has 0 unspecified atom stereocenters. The molecule has 4 aromatic rings. The average Bonchev–Trinajstić information content (AvgIpc) is 3.06. The van der Waals surface area contributed by atoms with Crippen LogP contribution in [0, 0.1) is 0 Å². The molecule has 0 bridgehead atoms. The minimum absolute atomic E-state index is 0.638. The predicted molar refractivity (Wildman–Crippen MR) is 91.7 cm³/mol. The number of imidazole rings is 1. The monoisotopic (exact) mass is 314 g/mol. The van der Waals surface area contributed by atoms with Crippen LogP contribution < -0.4 is 0 Å². The maximum absolute atomic E-state index is 10.8. The molecule has 0 fully saturated rings. The van der Waals surface area contributed by atoms with Gasteiger partial charge < -0.3 is 4.57 Å². The summed E-state index contributed by atoms with van der Waals surface area (Å²) in [5.74, 6) is 0. The Morgan fingerprint density at radius 3 is 2.46 bits per heavy atom. The second-order valence-corrected chi connectivity index (χ2v) is 5.49. The number of carbonyl (C=O) groups is 1. The maximum Gasteiger partial charge on any atom is 0.164 e. The lowest BCUT2D eigenvalue weighted by Gasteiger charge is -2.05. The van der Waals surface area contributed by atoms with Crippen molar-refractivity contribution < 1.29 is 4.79 Å². The number of carbonyl (C=O) groups excluding carboxylic acids is 1. The van der Waals surface area contributed by atoms with Gasteiger partial charge in [-0.25, -0.2) is 15.0 Å². The summed E-state index contributed by atoms with van der Waals surface area (Å²) in [6.07, 6.45) is 4.16. The van der Waals surface area contributed by atoms with E-state index in [1.807, 2.05) is 34.9 Å². The molecule has 0 atom stereocenters. The summed E-state index contributed by atoms with van der Waals surface area (Å²) >= 11 is 0. The highest BCUT2D eigenvalue weighted by molar-refractivity contribution is 5.87. The van der Waals surface area contributed by atoms with Crippen LogP contribution in [0.4, 0.5) is 0 Å². The molecular weight excluding hydrogens is 300 g/mol. The topological polar surface area (TPSA) is 60.7 Å². The van der Waals surface area contributed by atoms with Gasteiger partial charge >= 0.3 is 0 Å². The van der Waals surface area contributed by atoms with E-state index in [2.05, 4.69) is 27.1 Å². The van der Waals surface area contributed by atoms with Crippen molar-refractivity contribution in [3.63, 3.8) is 0 Å². The molecule has 0 saturated carbocycles. The van der Waals surface area contributed by atoms with Crippen molar-refractivity contribution in [2.24, 2.45) is 0 Å². The first-order valence-electron chi connectivity index (χ1n) is 7.60. The fraction of sp³-hybridized carbons (Fsp3) is 0.0526. The second kappa shape index (κ2) is 6.04. The molecule has 24 heavy (non-hydrogen) atoms. The van der Waals surface area contributed by atoms with Gasteiger partial charge in [-0.15, -0.1) is 0 Å². The molecule has 0 spiro atoms. The van der Waals surface area contributed by atoms with E-state index in [1.165, 1.54) is 5.56 Å². The SMILES string of the molecule is O=Cc1ccc(-c2ncnc3c2ncn3Cc2ccccc2)cc1. The van der Waals surface area contributed by atoms with Gasteiger partial charge in [0.15, 0.2) is 5.65 Å². The number of rotatable bonds is 4. The largest absolute Gasteiger partial charge is 0.311 e. The number of nitrogens with zero attached hydrogens (tertiary/aromatic N) is 4. The van der Waals surface area contributed by atoms with Crippen molar-refractivity contribution in [1.82, 2.24) is 19.5 Å². The molecular formula is C19H14N4O. The Hall–Kier alpha value is -3.34. The minimum atomic E-state index is 0.638. The lowest BCUT2D eigenvalue weighted by molar-refractivity contribution is 0.112. The highest BCUT2D eigenvalue weighted by Gasteiger charge is 2.12.